The molecule has 1 aromatic rings. The van der Waals surface area contributed by atoms with E-state index in [2.05, 4.69) is 5.32 Å². The van der Waals surface area contributed by atoms with Crippen LogP contribution in [0.1, 0.15) is 43.1 Å². The highest BCUT2D eigenvalue weighted by molar-refractivity contribution is 7.10. The standard InChI is InChI=1S/C16H24N2O2S.ClH/c19-14(15-4-2-8-21-15)9-13-3-1-7-18(13)16(20)11-17-10-12-5-6-12;/h2,4,8,12-14,17,19H,1,3,5-7,9-11H2;1H. The Hall–Kier alpha value is -0.620. The Morgan fingerprint density at radius 1 is 1.45 bits per heavy atom. The zero-order valence-electron chi connectivity index (χ0n) is 12.7. The zero-order chi connectivity index (χ0) is 14.7. The van der Waals surface area contributed by atoms with Gasteiger partial charge in [-0.25, -0.2) is 0 Å². The van der Waals surface area contributed by atoms with E-state index in [0.717, 1.165) is 36.7 Å². The number of thiophene rings is 1. The quantitative estimate of drug-likeness (QED) is 0.799. The Morgan fingerprint density at radius 2 is 2.27 bits per heavy atom. The summed E-state index contributed by atoms with van der Waals surface area (Å²) in [7, 11) is 0. The number of aliphatic hydroxyl groups excluding tert-OH is 1. The molecule has 3 rings (SSSR count). The van der Waals surface area contributed by atoms with E-state index in [4.69, 9.17) is 0 Å². The third-order valence-electron chi connectivity index (χ3n) is 4.47. The molecular formula is C16H25ClN2O2S. The second-order valence-electron chi connectivity index (χ2n) is 6.22. The van der Waals surface area contributed by atoms with E-state index in [0.29, 0.717) is 13.0 Å². The van der Waals surface area contributed by atoms with Crippen molar-refractivity contribution in [2.45, 2.75) is 44.2 Å². The van der Waals surface area contributed by atoms with Crippen LogP contribution in [0.4, 0.5) is 0 Å². The van der Waals surface area contributed by atoms with Crippen molar-refractivity contribution in [3.63, 3.8) is 0 Å². The first kappa shape index (κ1) is 17.7. The second kappa shape index (κ2) is 8.29. The molecule has 1 aromatic heterocycles. The normalized spacial score (nSPS) is 22.4. The van der Waals surface area contributed by atoms with Crippen LogP contribution in [0, 0.1) is 5.92 Å². The lowest BCUT2D eigenvalue weighted by atomic mass is 10.1. The fraction of sp³-hybridized carbons (Fsp3) is 0.688. The van der Waals surface area contributed by atoms with Crippen LogP contribution in [0.3, 0.4) is 0 Å². The molecule has 0 bridgehead atoms. The maximum absolute atomic E-state index is 12.3. The van der Waals surface area contributed by atoms with Crippen molar-refractivity contribution in [3.05, 3.63) is 22.4 Å². The average molecular weight is 345 g/mol. The third-order valence-corrected chi connectivity index (χ3v) is 5.44. The predicted octanol–water partition coefficient (Wildman–Crippen LogP) is 2.58. The van der Waals surface area contributed by atoms with Crippen molar-refractivity contribution in [1.82, 2.24) is 10.2 Å². The van der Waals surface area contributed by atoms with E-state index in [1.54, 1.807) is 11.3 Å². The Morgan fingerprint density at radius 3 is 2.95 bits per heavy atom. The molecule has 6 heteroatoms. The van der Waals surface area contributed by atoms with Gasteiger partial charge in [-0.2, -0.15) is 0 Å². The van der Waals surface area contributed by atoms with Gasteiger partial charge in [0.15, 0.2) is 0 Å². The number of nitrogens with zero attached hydrogens (tertiary/aromatic N) is 1. The predicted molar refractivity (Wildman–Crippen MR) is 91.5 cm³/mol. The van der Waals surface area contributed by atoms with Gasteiger partial charge in [0.2, 0.25) is 5.91 Å². The monoisotopic (exact) mass is 344 g/mol. The summed E-state index contributed by atoms with van der Waals surface area (Å²) in [5.41, 5.74) is 0. The van der Waals surface area contributed by atoms with Crippen LogP contribution in [0.2, 0.25) is 0 Å². The third kappa shape index (κ3) is 4.69. The lowest BCUT2D eigenvalue weighted by Gasteiger charge is -2.26. The molecule has 1 aliphatic carbocycles. The Labute approximate surface area is 142 Å². The molecule has 0 spiro atoms. The van der Waals surface area contributed by atoms with Crippen molar-refractivity contribution in [2.24, 2.45) is 5.92 Å². The molecule has 0 radical (unpaired) electrons. The number of rotatable bonds is 7. The highest BCUT2D eigenvalue weighted by Crippen LogP contribution is 2.30. The van der Waals surface area contributed by atoms with Crippen molar-refractivity contribution in [1.29, 1.82) is 0 Å². The molecule has 124 valence electrons. The number of carbonyl (C=O) groups is 1. The summed E-state index contributed by atoms with van der Waals surface area (Å²) in [6.45, 7) is 2.26. The van der Waals surface area contributed by atoms with E-state index in [1.807, 2.05) is 22.4 Å². The molecular weight excluding hydrogens is 320 g/mol. The number of halogens is 1. The molecule has 2 aliphatic rings. The number of hydrogen-bond donors (Lipinski definition) is 2. The van der Waals surface area contributed by atoms with Gasteiger partial charge < -0.3 is 15.3 Å². The zero-order valence-corrected chi connectivity index (χ0v) is 14.4. The molecule has 2 heterocycles. The van der Waals surface area contributed by atoms with E-state index in [9.17, 15) is 9.90 Å². The van der Waals surface area contributed by atoms with Gasteiger partial charge in [-0.15, -0.1) is 23.7 Å². The van der Waals surface area contributed by atoms with Gasteiger partial charge in [0.05, 0.1) is 12.6 Å². The lowest BCUT2D eigenvalue weighted by molar-refractivity contribution is -0.131. The lowest BCUT2D eigenvalue weighted by Crippen LogP contribution is -2.42. The van der Waals surface area contributed by atoms with Gasteiger partial charge in [0.25, 0.3) is 0 Å². The van der Waals surface area contributed by atoms with Crippen LogP contribution in [0.15, 0.2) is 17.5 Å². The van der Waals surface area contributed by atoms with Crippen LogP contribution in [0.25, 0.3) is 0 Å². The van der Waals surface area contributed by atoms with Crippen LogP contribution in [0.5, 0.6) is 0 Å². The Bertz CT molecular complexity index is 465. The first-order valence-corrected chi connectivity index (χ1v) is 8.83. The van der Waals surface area contributed by atoms with Crippen molar-refractivity contribution >= 4 is 29.7 Å². The first-order chi connectivity index (χ1) is 10.2. The van der Waals surface area contributed by atoms with Gasteiger partial charge in [0.1, 0.15) is 0 Å². The molecule has 2 atom stereocenters. The summed E-state index contributed by atoms with van der Waals surface area (Å²) in [6.07, 6.45) is 4.89. The topological polar surface area (TPSA) is 52.6 Å². The van der Waals surface area contributed by atoms with E-state index >= 15 is 0 Å². The van der Waals surface area contributed by atoms with E-state index in [1.165, 1.54) is 12.8 Å². The summed E-state index contributed by atoms with van der Waals surface area (Å²) in [5.74, 6) is 0.990. The van der Waals surface area contributed by atoms with Crippen LogP contribution < -0.4 is 5.32 Å². The van der Waals surface area contributed by atoms with Gasteiger partial charge in [-0.3, -0.25) is 4.79 Å². The molecule has 2 N–H and O–H groups in total. The van der Waals surface area contributed by atoms with Gasteiger partial charge in [0, 0.05) is 17.5 Å². The summed E-state index contributed by atoms with van der Waals surface area (Å²) in [5, 5.41) is 15.5. The summed E-state index contributed by atoms with van der Waals surface area (Å²) in [6, 6.07) is 4.12. The minimum Gasteiger partial charge on any atom is -0.387 e. The number of nitrogens with one attached hydrogen (secondary N) is 1. The summed E-state index contributed by atoms with van der Waals surface area (Å²) < 4.78 is 0. The summed E-state index contributed by atoms with van der Waals surface area (Å²) in [4.78, 5) is 15.3. The molecule has 2 fully saturated rings. The molecule has 22 heavy (non-hydrogen) atoms. The maximum Gasteiger partial charge on any atom is 0.236 e. The second-order valence-corrected chi connectivity index (χ2v) is 7.20. The fourth-order valence-corrected chi connectivity index (χ4v) is 3.80. The van der Waals surface area contributed by atoms with E-state index in [-0.39, 0.29) is 24.4 Å². The first-order valence-electron chi connectivity index (χ1n) is 7.95. The highest BCUT2D eigenvalue weighted by Gasteiger charge is 2.31. The minimum absolute atomic E-state index is 0. The molecule has 1 saturated heterocycles. The molecule has 4 nitrogen and oxygen atoms in total. The molecule has 2 unspecified atom stereocenters. The van der Waals surface area contributed by atoms with Crippen LogP contribution in [-0.4, -0.2) is 41.6 Å². The van der Waals surface area contributed by atoms with Gasteiger partial charge >= 0.3 is 0 Å². The fourth-order valence-electron chi connectivity index (χ4n) is 3.07. The number of carbonyl (C=O) groups excluding carboxylic acids is 1. The molecule has 1 aliphatic heterocycles. The number of amides is 1. The number of aliphatic hydroxyl groups is 1. The Balaban J connectivity index is 0.00000176. The largest absolute Gasteiger partial charge is 0.387 e. The van der Waals surface area contributed by atoms with Crippen molar-refractivity contribution in [3.8, 4) is 0 Å². The summed E-state index contributed by atoms with van der Waals surface area (Å²) >= 11 is 1.58. The van der Waals surface area contributed by atoms with Crippen LogP contribution >= 0.6 is 23.7 Å². The SMILES string of the molecule is Cl.O=C(CNCC1CC1)N1CCCC1CC(O)c1cccs1. The minimum atomic E-state index is -0.442. The Kier molecular flexibility index (Phi) is 6.68. The molecule has 1 saturated carbocycles. The van der Waals surface area contributed by atoms with Gasteiger partial charge in [-0.05, 0) is 56.0 Å². The van der Waals surface area contributed by atoms with E-state index < -0.39 is 6.10 Å². The highest BCUT2D eigenvalue weighted by atomic mass is 35.5. The van der Waals surface area contributed by atoms with Crippen molar-refractivity contribution in [2.75, 3.05) is 19.6 Å². The van der Waals surface area contributed by atoms with Crippen molar-refractivity contribution < 1.29 is 9.90 Å². The average Bonchev–Trinajstić information content (AvgIpc) is 2.95. The number of hydrogen-bond acceptors (Lipinski definition) is 4. The number of likely N-dealkylation sites (tertiary alicyclic amines) is 1. The maximum atomic E-state index is 12.3. The van der Waals surface area contributed by atoms with Crippen LogP contribution in [-0.2, 0) is 4.79 Å². The molecule has 0 aromatic carbocycles. The van der Waals surface area contributed by atoms with Gasteiger partial charge in [-0.1, -0.05) is 6.07 Å². The molecule has 1 amide bonds. The smallest absolute Gasteiger partial charge is 0.236 e.